The molecule has 0 aliphatic carbocycles. The molecule has 0 unspecified atom stereocenters. The van der Waals surface area contributed by atoms with Gasteiger partial charge >= 0.3 is 0 Å². The second-order valence-corrected chi connectivity index (χ2v) is 6.76. The summed E-state index contributed by atoms with van der Waals surface area (Å²) >= 11 is 1.45. The number of amides is 2. The highest BCUT2D eigenvalue weighted by molar-refractivity contribution is 7.14. The number of piperidine rings is 1. The molecule has 6 heteroatoms. The van der Waals surface area contributed by atoms with Crippen LogP contribution in [0.25, 0.3) is 0 Å². The summed E-state index contributed by atoms with van der Waals surface area (Å²) in [6, 6.07) is 1.96. The van der Waals surface area contributed by atoms with Gasteiger partial charge in [-0.05, 0) is 32.3 Å². The van der Waals surface area contributed by atoms with E-state index in [0.717, 1.165) is 24.1 Å². The monoisotopic (exact) mass is 309 g/mol. The Balaban J connectivity index is 1.86. The molecule has 1 aromatic rings. The zero-order valence-corrected chi connectivity index (χ0v) is 13.5. The summed E-state index contributed by atoms with van der Waals surface area (Å²) in [5.74, 6) is 0.169. The van der Waals surface area contributed by atoms with Crippen molar-refractivity contribution in [3.63, 3.8) is 0 Å². The first-order valence-corrected chi connectivity index (χ1v) is 8.27. The van der Waals surface area contributed by atoms with Gasteiger partial charge < -0.3 is 16.0 Å². The van der Waals surface area contributed by atoms with Crippen molar-refractivity contribution < 1.29 is 9.59 Å². The van der Waals surface area contributed by atoms with E-state index in [0.29, 0.717) is 30.1 Å². The van der Waals surface area contributed by atoms with Gasteiger partial charge in [-0.2, -0.15) is 0 Å². The maximum absolute atomic E-state index is 12.4. The molecule has 0 bridgehead atoms. The average molecular weight is 309 g/mol. The molecule has 0 atom stereocenters. The van der Waals surface area contributed by atoms with E-state index in [1.165, 1.54) is 11.3 Å². The van der Waals surface area contributed by atoms with E-state index in [-0.39, 0.29) is 17.9 Å². The molecule has 1 aromatic heterocycles. The average Bonchev–Trinajstić information content (AvgIpc) is 2.79. The van der Waals surface area contributed by atoms with Crippen LogP contribution in [0.1, 0.15) is 47.2 Å². The lowest BCUT2D eigenvalue weighted by atomic mass is 10.0. The quantitative estimate of drug-likeness (QED) is 0.895. The summed E-state index contributed by atoms with van der Waals surface area (Å²) in [5.41, 5.74) is 6.49. The zero-order chi connectivity index (χ0) is 15.4. The number of likely N-dealkylation sites (tertiary alicyclic amines) is 1. The van der Waals surface area contributed by atoms with Crippen LogP contribution in [0.5, 0.6) is 0 Å². The summed E-state index contributed by atoms with van der Waals surface area (Å²) in [7, 11) is 0. The molecule has 0 spiro atoms. The van der Waals surface area contributed by atoms with Gasteiger partial charge in [0.15, 0.2) is 0 Å². The van der Waals surface area contributed by atoms with Crippen molar-refractivity contribution in [2.75, 3.05) is 18.8 Å². The largest absolute Gasteiger partial charge is 0.398 e. The summed E-state index contributed by atoms with van der Waals surface area (Å²) in [6.45, 7) is 5.29. The molecule has 2 amide bonds. The number of thiophene rings is 1. The molecule has 1 aliphatic rings. The number of aryl methyl sites for hydroxylation is 1. The van der Waals surface area contributed by atoms with Crippen LogP contribution in [0.2, 0.25) is 0 Å². The Labute approximate surface area is 129 Å². The fraction of sp³-hybridized carbons (Fsp3) is 0.600. The number of nitrogens with one attached hydrogen (secondary N) is 1. The first kappa shape index (κ1) is 15.8. The number of carbonyl (C=O) groups is 2. The molecular weight excluding hydrogens is 286 g/mol. The van der Waals surface area contributed by atoms with E-state index in [1.54, 1.807) is 6.07 Å². The van der Waals surface area contributed by atoms with Gasteiger partial charge in [-0.15, -0.1) is 11.3 Å². The molecule has 3 N–H and O–H groups in total. The maximum atomic E-state index is 12.4. The molecule has 116 valence electrons. The fourth-order valence-corrected chi connectivity index (χ4v) is 3.42. The highest BCUT2D eigenvalue weighted by Crippen LogP contribution is 2.25. The van der Waals surface area contributed by atoms with E-state index >= 15 is 0 Å². The van der Waals surface area contributed by atoms with Gasteiger partial charge in [-0.3, -0.25) is 9.59 Å². The Bertz CT molecular complexity index is 499. The molecule has 2 rings (SSSR count). The third kappa shape index (κ3) is 3.97. The standard InChI is InChI=1S/C15H23N3O2S/c1-3-4-14(19)17-11-5-7-18(8-6-11)15(20)13-9-12(16)10(2)21-13/h9,11H,3-8,16H2,1-2H3,(H,17,19). The Morgan fingerprint density at radius 2 is 2.10 bits per heavy atom. The van der Waals surface area contributed by atoms with Crippen LogP contribution in [-0.4, -0.2) is 35.8 Å². The summed E-state index contributed by atoms with van der Waals surface area (Å²) < 4.78 is 0. The van der Waals surface area contributed by atoms with Crippen LogP contribution in [0.4, 0.5) is 5.69 Å². The minimum atomic E-state index is 0.0538. The van der Waals surface area contributed by atoms with E-state index in [2.05, 4.69) is 5.32 Å². The van der Waals surface area contributed by atoms with Gasteiger partial charge in [0, 0.05) is 36.1 Å². The third-order valence-corrected chi connectivity index (χ3v) is 4.85. The molecular formula is C15H23N3O2S. The Morgan fingerprint density at radius 3 is 2.62 bits per heavy atom. The molecule has 5 nitrogen and oxygen atoms in total. The molecule has 2 heterocycles. The SMILES string of the molecule is CCCC(=O)NC1CCN(C(=O)c2cc(N)c(C)s2)CC1. The molecule has 0 radical (unpaired) electrons. The topological polar surface area (TPSA) is 75.4 Å². The van der Waals surface area contributed by atoms with Crippen molar-refractivity contribution in [1.29, 1.82) is 0 Å². The molecule has 21 heavy (non-hydrogen) atoms. The van der Waals surface area contributed by atoms with E-state index in [4.69, 9.17) is 5.73 Å². The number of nitrogens with two attached hydrogens (primary N) is 1. The predicted molar refractivity (Wildman–Crippen MR) is 85.4 cm³/mol. The van der Waals surface area contributed by atoms with Crippen LogP contribution in [-0.2, 0) is 4.79 Å². The minimum Gasteiger partial charge on any atom is -0.398 e. The number of rotatable bonds is 4. The predicted octanol–water partition coefficient (Wildman–Crippen LogP) is 2.16. The highest BCUT2D eigenvalue weighted by atomic mass is 32.1. The van der Waals surface area contributed by atoms with Crippen LogP contribution in [0, 0.1) is 6.92 Å². The Hall–Kier alpha value is -1.56. The lowest BCUT2D eigenvalue weighted by Gasteiger charge is -2.32. The molecule has 0 saturated carbocycles. The number of nitrogens with zero attached hydrogens (tertiary/aromatic N) is 1. The first-order valence-electron chi connectivity index (χ1n) is 7.45. The van der Waals surface area contributed by atoms with Gasteiger partial charge in [-0.1, -0.05) is 6.92 Å². The summed E-state index contributed by atoms with van der Waals surface area (Å²) in [4.78, 5) is 27.5. The number of hydrogen-bond acceptors (Lipinski definition) is 4. The lowest BCUT2D eigenvalue weighted by Crippen LogP contribution is -2.46. The highest BCUT2D eigenvalue weighted by Gasteiger charge is 2.25. The fourth-order valence-electron chi connectivity index (χ4n) is 2.51. The second kappa shape index (κ2) is 6.93. The number of anilines is 1. The molecule has 1 saturated heterocycles. The second-order valence-electron chi connectivity index (χ2n) is 5.51. The van der Waals surface area contributed by atoms with Crippen LogP contribution in [0.3, 0.4) is 0 Å². The third-order valence-electron chi connectivity index (χ3n) is 3.79. The van der Waals surface area contributed by atoms with Crippen molar-refractivity contribution in [2.24, 2.45) is 0 Å². The van der Waals surface area contributed by atoms with Gasteiger partial charge in [0.2, 0.25) is 5.91 Å². The van der Waals surface area contributed by atoms with Crippen molar-refractivity contribution >= 4 is 28.8 Å². The van der Waals surface area contributed by atoms with Gasteiger partial charge in [0.25, 0.3) is 5.91 Å². The number of hydrogen-bond donors (Lipinski definition) is 2. The lowest BCUT2D eigenvalue weighted by molar-refractivity contribution is -0.122. The van der Waals surface area contributed by atoms with Gasteiger partial charge in [-0.25, -0.2) is 0 Å². The van der Waals surface area contributed by atoms with Crippen molar-refractivity contribution in [1.82, 2.24) is 10.2 Å². The molecule has 0 aromatic carbocycles. The van der Waals surface area contributed by atoms with Crippen molar-refractivity contribution in [3.05, 3.63) is 15.8 Å². The maximum Gasteiger partial charge on any atom is 0.264 e. The van der Waals surface area contributed by atoms with Gasteiger partial charge in [0.1, 0.15) is 0 Å². The number of nitrogen functional groups attached to an aromatic ring is 1. The van der Waals surface area contributed by atoms with Crippen molar-refractivity contribution in [2.45, 2.75) is 45.6 Å². The minimum absolute atomic E-state index is 0.0538. The first-order chi connectivity index (χ1) is 10.0. The van der Waals surface area contributed by atoms with E-state index < -0.39 is 0 Å². The van der Waals surface area contributed by atoms with E-state index in [9.17, 15) is 9.59 Å². The normalized spacial score (nSPS) is 16.0. The van der Waals surface area contributed by atoms with Crippen molar-refractivity contribution in [3.8, 4) is 0 Å². The van der Waals surface area contributed by atoms with Crippen LogP contribution >= 0.6 is 11.3 Å². The van der Waals surface area contributed by atoms with E-state index in [1.807, 2.05) is 18.7 Å². The van der Waals surface area contributed by atoms with Crippen LogP contribution in [0.15, 0.2) is 6.07 Å². The number of carbonyl (C=O) groups excluding carboxylic acids is 2. The molecule has 1 aliphatic heterocycles. The van der Waals surface area contributed by atoms with Gasteiger partial charge in [0.05, 0.1) is 4.88 Å². The smallest absolute Gasteiger partial charge is 0.264 e. The zero-order valence-electron chi connectivity index (χ0n) is 12.6. The molecule has 1 fully saturated rings. The summed E-state index contributed by atoms with van der Waals surface area (Å²) in [6.07, 6.45) is 3.08. The Kier molecular flexibility index (Phi) is 5.22. The summed E-state index contributed by atoms with van der Waals surface area (Å²) in [5, 5.41) is 3.04. The Morgan fingerprint density at radius 1 is 1.43 bits per heavy atom. The van der Waals surface area contributed by atoms with Crippen LogP contribution < -0.4 is 11.1 Å².